The summed E-state index contributed by atoms with van der Waals surface area (Å²) in [6.07, 6.45) is 3.58. The molecule has 0 radical (unpaired) electrons. The van der Waals surface area contributed by atoms with E-state index in [0.717, 1.165) is 43.4 Å². The van der Waals surface area contributed by atoms with Crippen LogP contribution in [0.5, 0.6) is 0 Å². The highest BCUT2D eigenvalue weighted by molar-refractivity contribution is 5.97. The summed E-state index contributed by atoms with van der Waals surface area (Å²) >= 11 is 0. The summed E-state index contributed by atoms with van der Waals surface area (Å²) in [5.41, 5.74) is 1.99. The van der Waals surface area contributed by atoms with Crippen molar-refractivity contribution in [3.05, 3.63) is 65.0 Å². The van der Waals surface area contributed by atoms with Gasteiger partial charge in [-0.3, -0.25) is 9.48 Å². The molecule has 2 aromatic rings. The molecule has 2 aliphatic rings. The summed E-state index contributed by atoms with van der Waals surface area (Å²) in [4.78, 5) is 12.9. The number of amidine groups is 1. The Kier molecular flexibility index (Phi) is 12.4. The Morgan fingerprint density at radius 3 is 2.26 bits per heavy atom. The van der Waals surface area contributed by atoms with Crippen LogP contribution in [-0.4, -0.2) is 48.5 Å². The maximum atomic E-state index is 14.4. The van der Waals surface area contributed by atoms with E-state index in [2.05, 4.69) is 13.8 Å². The summed E-state index contributed by atoms with van der Waals surface area (Å²) in [6, 6.07) is 7.93. The van der Waals surface area contributed by atoms with E-state index in [1.54, 1.807) is 10.6 Å². The molecule has 0 unspecified atom stereocenters. The molecule has 0 fully saturated rings. The highest BCUT2D eigenvalue weighted by Gasteiger charge is 2.33. The molecule has 188 valence electrons. The Morgan fingerprint density at radius 2 is 1.74 bits per heavy atom. The zero-order valence-electron chi connectivity index (χ0n) is 22.0. The van der Waals surface area contributed by atoms with Gasteiger partial charge >= 0.3 is 5.97 Å². The summed E-state index contributed by atoms with van der Waals surface area (Å²) in [6.45, 7) is 14.2. The lowest BCUT2D eigenvalue weighted by Crippen LogP contribution is -2.32. The standard InChI is InChI=1S/C16H23F2N2.C7H6NO2.2C2H6/c1-5-11(6-2)13-9-12(17)10-14(18)15(13)16-19(3)7-8-20(16)4;9-7-6-3-1-2-4-8(6)5-10-7;2*1-2/h9-11H,5-8H2,1-4H3;1-4H,5H2;2*1-2H3/q2*+1;;. The highest BCUT2D eigenvalue weighted by Crippen LogP contribution is 2.30. The Hall–Kier alpha value is -2.83. The van der Waals surface area contributed by atoms with Gasteiger partial charge in [-0.05, 0) is 36.5 Å². The van der Waals surface area contributed by atoms with Crippen LogP contribution in [0.2, 0.25) is 0 Å². The van der Waals surface area contributed by atoms with Gasteiger partial charge in [0.15, 0.2) is 6.20 Å². The SMILES string of the molecule is CC.CC.CCC(CC)c1cc(F)cc(F)c1C1=[N+](C)CCN1C.O=C1OC[n+]2ccccc21. The number of aromatic nitrogens is 1. The Balaban J connectivity index is 0.000000344. The molecule has 1 aromatic heterocycles. The number of likely N-dealkylation sites (N-methyl/N-ethyl adjacent to an activating group) is 2. The quantitative estimate of drug-likeness (QED) is 0.440. The molecule has 2 aliphatic heterocycles. The van der Waals surface area contributed by atoms with Crippen molar-refractivity contribution in [1.82, 2.24) is 4.90 Å². The van der Waals surface area contributed by atoms with Crippen molar-refractivity contribution >= 4 is 11.8 Å². The van der Waals surface area contributed by atoms with Crippen LogP contribution in [0.25, 0.3) is 0 Å². The Bertz CT molecular complexity index is 972. The van der Waals surface area contributed by atoms with E-state index >= 15 is 0 Å². The van der Waals surface area contributed by atoms with Crippen LogP contribution in [-0.2, 0) is 11.5 Å². The first-order chi connectivity index (χ1) is 16.4. The third-order valence-corrected chi connectivity index (χ3v) is 5.71. The number of carbonyl (C=O) groups is 1. The average molecular weight is 478 g/mol. The van der Waals surface area contributed by atoms with Gasteiger partial charge < -0.3 is 4.74 Å². The van der Waals surface area contributed by atoms with E-state index in [1.165, 1.54) is 6.07 Å². The minimum absolute atomic E-state index is 0.185. The first-order valence-corrected chi connectivity index (χ1v) is 12.3. The van der Waals surface area contributed by atoms with Crippen molar-refractivity contribution in [2.45, 2.75) is 67.0 Å². The third kappa shape index (κ3) is 6.84. The van der Waals surface area contributed by atoms with Gasteiger partial charge in [0.2, 0.25) is 0 Å². The lowest BCUT2D eigenvalue weighted by molar-refractivity contribution is -0.714. The zero-order chi connectivity index (χ0) is 25.8. The molecule has 3 heterocycles. The van der Waals surface area contributed by atoms with Crippen molar-refractivity contribution in [2.24, 2.45) is 0 Å². The minimum Gasteiger partial charge on any atom is -0.397 e. The zero-order valence-corrected chi connectivity index (χ0v) is 22.0. The summed E-state index contributed by atoms with van der Waals surface area (Å²) in [5, 5.41) is 0. The van der Waals surface area contributed by atoms with E-state index in [1.807, 2.05) is 69.6 Å². The third-order valence-electron chi connectivity index (χ3n) is 5.71. The number of nitrogens with zero attached hydrogens (tertiary/aromatic N) is 3. The van der Waals surface area contributed by atoms with Crippen molar-refractivity contribution in [3.63, 3.8) is 0 Å². The molecule has 0 N–H and O–H groups in total. The van der Waals surface area contributed by atoms with Crippen molar-refractivity contribution in [1.29, 1.82) is 0 Å². The van der Waals surface area contributed by atoms with Gasteiger partial charge in [-0.2, -0.15) is 4.57 Å². The number of hydrogen-bond donors (Lipinski definition) is 0. The number of rotatable bonds is 4. The lowest BCUT2D eigenvalue weighted by atomic mass is 9.89. The second-order valence-electron chi connectivity index (χ2n) is 7.65. The number of fused-ring (bicyclic) bond motifs is 1. The second-order valence-corrected chi connectivity index (χ2v) is 7.65. The van der Waals surface area contributed by atoms with Crippen molar-refractivity contribution < 1.29 is 27.5 Å². The van der Waals surface area contributed by atoms with Crippen LogP contribution in [0.4, 0.5) is 8.78 Å². The predicted octanol–water partition coefficient (Wildman–Crippen LogP) is 5.36. The van der Waals surface area contributed by atoms with Gasteiger partial charge in [0.1, 0.15) is 30.3 Å². The van der Waals surface area contributed by atoms with Crippen LogP contribution >= 0.6 is 0 Å². The van der Waals surface area contributed by atoms with Gasteiger partial charge in [0, 0.05) is 18.2 Å². The van der Waals surface area contributed by atoms with Gasteiger partial charge in [0.05, 0.1) is 14.1 Å². The highest BCUT2D eigenvalue weighted by atomic mass is 19.1. The van der Waals surface area contributed by atoms with Gasteiger partial charge in [0.25, 0.3) is 18.3 Å². The van der Waals surface area contributed by atoms with E-state index in [9.17, 15) is 13.6 Å². The molecule has 0 aliphatic carbocycles. The number of esters is 1. The number of halogens is 2. The molecule has 4 rings (SSSR count). The molecule has 0 bridgehead atoms. The monoisotopic (exact) mass is 477 g/mol. The van der Waals surface area contributed by atoms with Gasteiger partial charge in [-0.15, -0.1) is 0 Å². The van der Waals surface area contributed by atoms with Crippen LogP contribution in [0, 0.1) is 11.6 Å². The fourth-order valence-electron chi connectivity index (χ4n) is 4.04. The fraction of sp³-hybridized carbons (Fsp3) is 0.519. The maximum absolute atomic E-state index is 14.4. The topological polar surface area (TPSA) is 36.4 Å². The number of pyridine rings is 1. The molecule has 1 aromatic carbocycles. The largest absolute Gasteiger partial charge is 0.408 e. The van der Waals surface area contributed by atoms with Crippen molar-refractivity contribution in [2.75, 3.05) is 27.2 Å². The summed E-state index contributed by atoms with van der Waals surface area (Å²) in [7, 11) is 3.91. The smallest absolute Gasteiger partial charge is 0.397 e. The van der Waals surface area contributed by atoms with Crippen LogP contribution < -0.4 is 4.57 Å². The molecule has 34 heavy (non-hydrogen) atoms. The molecule has 5 nitrogen and oxygen atoms in total. The molecule has 0 atom stereocenters. The molecule has 0 saturated carbocycles. The average Bonchev–Trinajstić information content (AvgIpc) is 3.39. The maximum Gasteiger partial charge on any atom is 0.408 e. The fourth-order valence-corrected chi connectivity index (χ4v) is 4.04. The summed E-state index contributed by atoms with van der Waals surface area (Å²) < 4.78 is 36.6. The van der Waals surface area contributed by atoms with Crippen LogP contribution in [0.3, 0.4) is 0 Å². The lowest BCUT2D eigenvalue weighted by Gasteiger charge is -2.19. The Morgan fingerprint density at radius 1 is 1.09 bits per heavy atom. The van der Waals surface area contributed by atoms with Crippen LogP contribution in [0.1, 0.15) is 81.9 Å². The van der Waals surface area contributed by atoms with Gasteiger partial charge in [-0.1, -0.05) is 41.5 Å². The molecule has 0 spiro atoms. The number of hydrogen-bond acceptors (Lipinski definition) is 3. The van der Waals surface area contributed by atoms with E-state index in [0.29, 0.717) is 18.0 Å². The minimum atomic E-state index is -0.489. The van der Waals surface area contributed by atoms with Crippen molar-refractivity contribution in [3.8, 4) is 0 Å². The van der Waals surface area contributed by atoms with E-state index in [-0.39, 0.29) is 11.9 Å². The molecule has 0 amide bonds. The first-order valence-electron chi connectivity index (χ1n) is 12.3. The second kappa shape index (κ2) is 14.4. The molecule has 0 saturated heterocycles. The van der Waals surface area contributed by atoms with Crippen LogP contribution in [0.15, 0.2) is 36.5 Å². The normalized spacial score (nSPS) is 13.9. The number of benzene rings is 1. The number of carbonyl (C=O) groups excluding carboxylic acids is 1. The van der Waals surface area contributed by atoms with Gasteiger partial charge in [-0.25, -0.2) is 13.6 Å². The summed E-state index contributed by atoms with van der Waals surface area (Å²) in [5.74, 6) is -0.130. The van der Waals surface area contributed by atoms with E-state index in [4.69, 9.17) is 4.74 Å². The number of cyclic esters (lactones) is 1. The van der Waals surface area contributed by atoms with E-state index < -0.39 is 11.6 Å². The Labute approximate surface area is 203 Å². The number of ether oxygens (including phenoxy) is 1. The predicted molar refractivity (Wildman–Crippen MR) is 132 cm³/mol. The molecular formula is C27H41F2N3O2+2. The first kappa shape index (κ1) is 29.2. The molecule has 7 heteroatoms. The molecular weight excluding hydrogens is 436 g/mol.